The topological polar surface area (TPSA) is 0 Å². The first-order valence-corrected chi connectivity index (χ1v) is 5.84. The van der Waals surface area contributed by atoms with Crippen LogP contribution in [0.2, 0.25) is 0 Å². The van der Waals surface area contributed by atoms with E-state index < -0.39 is 0 Å². The van der Waals surface area contributed by atoms with E-state index in [4.69, 9.17) is 0 Å². The number of benzene rings is 1. The molecule has 0 spiro atoms. The van der Waals surface area contributed by atoms with Crippen LogP contribution in [-0.4, -0.2) is 0 Å². The van der Waals surface area contributed by atoms with Gasteiger partial charge < -0.3 is 0 Å². The van der Waals surface area contributed by atoms with Crippen molar-refractivity contribution in [2.45, 2.75) is 5.33 Å². The zero-order valence-corrected chi connectivity index (χ0v) is 10.7. The lowest BCUT2D eigenvalue weighted by molar-refractivity contribution is 0.615. The summed E-state index contributed by atoms with van der Waals surface area (Å²) in [5.41, 5.74) is 0.716. The standard InChI is InChI=1S/C7H4Br2FI/c8-3-5-6(10)1-4(9)2-7(5)11/h1-2H,3H2. The van der Waals surface area contributed by atoms with Crippen molar-refractivity contribution >= 4 is 54.5 Å². The highest BCUT2D eigenvalue weighted by molar-refractivity contribution is 14.1. The van der Waals surface area contributed by atoms with Crippen LogP contribution in [0, 0.1) is 9.39 Å². The van der Waals surface area contributed by atoms with Crippen LogP contribution in [0.3, 0.4) is 0 Å². The molecule has 0 aromatic heterocycles. The van der Waals surface area contributed by atoms with E-state index in [0.717, 1.165) is 8.04 Å². The first-order valence-electron chi connectivity index (χ1n) is 2.84. The van der Waals surface area contributed by atoms with Gasteiger partial charge in [0, 0.05) is 18.9 Å². The Bertz CT molecular complexity index is 252. The molecule has 1 aromatic rings. The molecule has 0 unspecified atom stereocenters. The molecule has 1 rings (SSSR count). The molecule has 4 heteroatoms. The molecule has 0 aliphatic rings. The molecule has 0 saturated heterocycles. The second kappa shape index (κ2) is 4.18. The second-order valence-electron chi connectivity index (χ2n) is 1.98. The van der Waals surface area contributed by atoms with Crippen LogP contribution in [-0.2, 0) is 5.33 Å². The highest BCUT2D eigenvalue weighted by Crippen LogP contribution is 2.23. The van der Waals surface area contributed by atoms with Crippen molar-refractivity contribution in [3.63, 3.8) is 0 Å². The maximum atomic E-state index is 13.0. The lowest BCUT2D eigenvalue weighted by Gasteiger charge is -2.02. The molecule has 0 radical (unpaired) electrons. The Morgan fingerprint density at radius 3 is 2.55 bits per heavy atom. The summed E-state index contributed by atoms with van der Waals surface area (Å²) < 4.78 is 14.8. The molecule has 0 nitrogen and oxygen atoms in total. The predicted molar refractivity (Wildman–Crippen MR) is 59.4 cm³/mol. The number of hydrogen-bond acceptors (Lipinski definition) is 0. The zero-order chi connectivity index (χ0) is 8.43. The summed E-state index contributed by atoms with van der Waals surface area (Å²) in [5.74, 6) is -0.166. The van der Waals surface area contributed by atoms with Gasteiger partial charge in [-0.15, -0.1) is 0 Å². The van der Waals surface area contributed by atoms with Crippen LogP contribution in [0.15, 0.2) is 16.6 Å². The molecule has 0 N–H and O–H groups in total. The van der Waals surface area contributed by atoms with E-state index >= 15 is 0 Å². The minimum Gasteiger partial charge on any atom is -0.207 e. The highest BCUT2D eigenvalue weighted by Gasteiger charge is 2.05. The van der Waals surface area contributed by atoms with Crippen LogP contribution in [0.4, 0.5) is 4.39 Å². The average molecular weight is 394 g/mol. The van der Waals surface area contributed by atoms with E-state index in [1.807, 2.05) is 6.07 Å². The third-order valence-electron chi connectivity index (χ3n) is 1.24. The molecule has 0 amide bonds. The van der Waals surface area contributed by atoms with Crippen molar-refractivity contribution < 1.29 is 4.39 Å². The van der Waals surface area contributed by atoms with E-state index in [1.54, 1.807) is 0 Å². The summed E-state index contributed by atoms with van der Waals surface area (Å²) in [4.78, 5) is 0. The van der Waals surface area contributed by atoms with Gasteiger partial charge in [-0.25, -0.2) is 4.39 Å². The third-order valence-corrected chi connectivity index (χ3v) is 3.22. The summed E-state index contributed by atoms with van der Waals surface area (Å²) in [6, 6.07) is 3.36. The summed E-state index contributed by atoms with van der Waals surface area (Å²) in [5, 5.41) is 0.560. The molecular weight excluding hydrogens is 390 g/mol. The van der Waals surface area contributed by atoms with Gasteiger partial charge in [-0.1, -0.05) is 31.9 Å². The minimum atomic E-state index is -0.166. The van der Waals surface area contributed by atoms with Gasteiger partial charge in [0.15, 0.2) is 0 Å². The van der Waals surface area contributed by atoms with Gasteiger partial charge in [0.05, 0.1) is 0 Å². The lowest BCUT2D eigenvalue weighted by atomic mass is 10.2. The Balaban J connectivity index is 3.25. The average Bonchev–Trinajstić information content (AvgIpc) is 1.85. The summed E-state index contributed by atoms with van der Waals surface area (Å²) in [7, 11) is 0. The van der Waals surface area contributed by atoms with Crippen molar-refractivity contribution in [3.05, 3.63) is 31.6 Å². The molecule has 0 saturated carbocycles. The van der Waals surface area contributed by atoms with Crippen molar-refractivity contribution in [1.82, 2.24) is 0 Å². The smallest absolute Gasteiger partial charge is 0.129 e. The summed E-state index contributed by atoms with van der Waals surface area (Å²) >= 11 is 8.55. The summed E-state index contributed by atoms with van der Waals surface area (Å²) in [6.07, 6.45) is 0. The van der Waals surface area contributed by atoms with Crippen LogP contribution in [0.25, 0.3) is 0 Å². The summed E-state index contributed by atoms with van der Waals surface area (Å²) in [6.45, 7) is 0. The maximum Gasteiger partial charge on any atom is 0.129 e. The van der Waals surface area contributed by atoms with Gasteiger partial charge in [-0.2, -0.15) is 0 Å². The fourth-order valence-electron chi connectivity index (χ4n) is 0.700. The van der Waals surface area contributed by atoms with Gasteiger partial charge in [-0.05, 0) is 34.7 Å². The first-order chi connectivity index (χ1) is 5.15. The molecule has 60 valence electrons. The quantitative estimate of drug-likeness (QED) is 0.498. The van der Waals surface area contributed by atoms with E-state index in [9.17, 15) is 4.39 Å². The van der Waals surface area contributed by atoms with E-state index in [-0.39, 0.29) is 5.82 Å². The van der Waals surface area contributed by atoms with Gasteiger partial charge in [0.25, 0.3) is 0 Å². The molecule has 0 aliphatic heterocycles. The Hall–Kier alpha value is 0.840. The monoisotopic (exact) mass is 392 g/mol. The van der Waals surface area contributed by atoms with E-state index in [1.165, 1.54) is 6.07 Å². The second-order valence-corrected chi connectivity index (χ2v) is 4.62. The lowest BCUT2D eigenvalue weighted by Crippen LogP contribution is -1.90. The van der Waals surface area contributed by atoms with E-state index in [2.05, 4.69) is 54.5 Å². The van der Waals surface area contributed by atoms with Crippen molar-refractivity contribution in [2.24, 2.45) is 0 Å². The molecule has 0 atom stereocenters. The molecular formula is C7H4Br2FI. The first kappa shape index (κ1) is 9.92. The van der Waals surface area contributed by atoms with Crippen molar-refractivity contribution in [2.75, 3.05) is 0 Å². The molecule has 0 bridgehead atoms. The molecule has 0 fully saturated rings. The van der Waals surface area contributed by atoms with Crippen molar-refractivity contribution in [1.29, 1.82) is 0 Å². The fourth-order valence-corrected chi connectivity index (χ4v) is 3.44. The Labute approximate surface area is 95.0 Å². The number of alkyl halides is 1. The van der Waals surface area contributed by atoms with Crippen LogP contribution >= 0.6 is 54.5 Å². The van der Waals surface area contributed by atoms with Crippen LogP contribution in [0.1, 0.15) is 5.56 Å². The van der Waals surface area contributed by atoms with Crippen LogP contribution in [0.5, 0.6) is 0 Å². The molecule has 1 aromatic carbocycles. The van der Waals surface area contributed by atoms with Gasteiger partial charge in [0.2, 0.25) is 0 Å². The third kappa shape index (κ3) is 2.39. The Morgan fingerprint density at radius 2 is 2.09 bits per heavy atom. The molecule has 11 heavy (non-hydrogen) atoms. The number of rotatable bonds is 1. The van der Waals surface area contributed by atoms with Gasteiger partial charge in [-0.3, -0.25) is 0 Å². The zero-order valence-electron chi connectivity index (χ0n) is 5.37. The van der Waals surface area contributed by atoms with Gasteiger partial charge >= 0.3 is 0 Å². The minimum absolute atomic E-state index is 0.166. The molecule has 0 aliphatic carbocycles. The fraction of sp³-hybridized carbons (Fsp3) is 0.143. The normalized spacial score (nSPS) is 10.2. The number of halogens is 4. The highest BCUT2D eigenvalue weighted by atomic mass is 127. The Morgan fingerprint density at radius 1 is 1.45 bits per heavy atom. The van der Waals surface area contributed by atoms with Gasteiger partial charge in [0.1, 0.15) is 5.82 Å². The SMILES string of the molecule is Fc1cc(Br)cc(I)c1CBr. The van der Waals surface area contributed by atoms with Crippen molar-refractivity contribution in [3.8, 4) is 0 Å². The maximum absolute atomic E-state index is 13.0. The number of hydrogen-bond donors (Lipinski definition) is 0. The largest absolute Gasteiger partial charge is 0.207 e. The van der Waals surface area contributed by atoms with E-state index in [0.29, 0.717) is 10.9 Å². The predicted octanol–water partition coefficient (Wildman–Crippen LogP) is 4.09. The van der Waals surface area contributed by atoms with Crippen LogP contribution < -0.4 is 0 Å². The Kier molecular flexibility index (Phi) is 3.77. The molecule has 0 heterocycles.